The highest BCUT2D eigenvalue weighted by Crippen LogP contribution is 2.40. The van der Waals surface area contributed by atoms with Crippen molar-refractivity contribution in [2.24, 2.45) is 11.3 Å². The van der Waals surface area contributed by atoms with Crippen LogP contribution < -0.4 is 10.9 Å². The number of oxazole rings is 1. The fraction of sp³-hybridized carbons (Fsp3) is 0.435. The normalized spacial score (nSPS) is 16.3. The molecule has 1 atom stereocenters. The highest BCUT2D eigenvalue weighted by molar-refractivity contribution is 7.14. The number of thiophene rings is 1. The first-order valence-electron chi connectivity index (χ1n) is 10.3. The Hall–Kier alpha value is -2.67. The maximum atomic E-state index is 12.5. The molecule has 0 saturated carbocycles. The van der Waals surface area contributed by atoms with Crippen molar-refractivity contribution in [1.82, 2.24) is 15.8 Å². The fourth-order valence-electron chi connectivity index (χ4n) is 3.87. The largest absolute Gasteiger partial charge is 0.441 e. The van der Waals surface area contributed by atoms with Gasteiger partial charge in [0.15, 0.2) is 11.5 Å². The van der Waals surface area contributed by atoms with Crippen LogP contribution in [-0.4, -0.2) is 16.8 Å². The molecule has 30 heavy (non-hydrogen) atoms. The average molecular weight is 426 g/mol. The molecule has 0 fully saturated rings. The zero-order valence-corrected chi connectivity index (χ0v) is 18.4. The summed E-state index contributed by atoms with van der Waals surface area (Å²) in [6.45, 7) is 6.83. The van der Waals surface area contributed by atoms with Crippen LogP contribution in [0.15, 0.2) is 34.7 Å². The van der Waals surface area contributed by atoms with Gasteiger partial charge in [0.05, 0.1) is 4.88 Å². The monoisotopic (exact) mass is 425 g/mol. The number of rotatable bonds is 4. The first-order chi connectivity index (χ1) is 14.3. The Labute approximate surface area is 180 Å². The number of nitrogens with one attached hydrogen (secondary N) is 2. The number of para-hydroxylation sites is 2. The summed E-state index contributed by atoms with van der Waals surface area (Å²) in [7, 11) is 0. The lowest BCUT2D eigenvalue weighted by molar-refractivity contribution is -0.121. The molecule has 2 heterocycles. The number of aryl methyl sites for hydroxylation is 2. The first-order valence-corrected chi connectivity index (χ1v) is 11.2. The number of amides is 2. The summed E-state index contributed by atoms with van der Waals surface area (Å²) in [6, 6.07) is 9.47. The van der Waals surface area contributed by atoms with Crippen molar-refractivity contribution in [3.63, 3.8) is 0 Å². The van der Waals surface area contributed by atoms with Crippen LogP contribution in [0.2, 0.25) is 0 Å². The van der Waals surface area contributed by atoms with Crippen molar-refractivity contribution >= 4 is 34.3 Å². The Morgan fingerprint density at radius 3 is 2.80 bits per heavy atom. The second kappa shape index (κ2) is 8.22. The van der Waals surface area contributed by atoms with Crippen molar-refractivity contribution in [3.05, 3.63) is 51.5 Å². The Bertz CT molecular complexity index is 1040. The van der Waals surface area contributed by atoms with Gasteiger partial charge in [0.2, 0.25) is 5.91 Å². The van der Waals surface area contributed by atoms with E-state index in [0.29, 0.717) is 28.7 Å². The van der Waals surface area contributed by atoms with E-state index in [4.69, 9.17) is 4.42 Å². The van der Waals surface area contributed by atoms with Gasteiger partial charge in [0.25, 0.3) is 5.91 Å². The van der Waals surface area contributed by atoms with Gasteiger partial charge in [0.1, 0.15) is 5.52 Å². The molecule has 0 saturated heterocycles. The molecule has 2 aromatic heterocycles. The third kappa shape index (κ3) is 4.56. The van der Waals surface area contributed by atoms with E-state index in [-0.39, 0.29) is 23.7 Å². The lowest BCUT2D eigenvalue weighted by Crippen LogP contribution is -2.41. The Kier molecular flexibility index (Phi) is 5.64. The minimum absolute atomic E-state index is 0.182. The average Bonchev–Trinajstić information content (AvgIpc) is 3.32. The Morgan fingerprint density at radius 1 is 1.23 bits per heavy atom. The van der Waals surface area contributed by atoms with Crippen LogP contribution in [0.4, 0.5) is 0 Å². The molecule has 1 aliphatic rings. The van der Waals surface area contributed by atoms with Gasteiger partial charge in [-0.3, -0.25) is 20.4 Å². The van der Waals surface area contributed by atoms with Gasteiger partial charge in [-0.2, -0.15) is 0 Å². The van der Waals surface area contributed by atoms with Crippen LogP contribution in [-0.2, 0) is 24.1 Å². The molecule has 1 aromatic carbocycles. The highest BCUT2D eigenvalue weighted by Gasteiger charge is 2.30. The number of hydrogen-bond donors (Lipinski definition) is 2. The molecule has 3 aromatic rings. The molecule has 0 radical (unpaired) electrons. The summed E-state index contributed by atoms with van der Waals surface area (Å²) in [5.74, 6) is 0.593. The standard InChI is InChI=1S/C23H27N3O3S/c1-23(2,3)15-8-9-18-14(12-15)13-19(30-18)22(28)26-25-20(27)10-11-21-24-16-6-4-5-7-17(16)29-21/h4-7,13,15H,8-12H2,1-3H3,(H,25,27)(H,26,28)/t15-/m1/s1. The van der Waals surface area contributed by atoms with Crippen LogP contribution in [0, 0.1) is 11.3 Å². The molecule has 158 valence electrons. The molecule has 4 rings (SSSR count). The van der Waals surface area contributed by atoms with Gasteiger partial charge in [0, 0.05) is 17.7 Å². The minimum atomic E-state index is -0.278. The molecule has 0 aliphatic heterocycles. The number of hydrazine groups is 1. The predicted octanol–water partition coefficient (Wildman–Crippen LogP) is 4.43. The molecule has 6 nitrogen and oxygen atoms in total. The van der Waals surface area contributed by atoms with Gasteiger partial charge in [-0.05, 0) is 54.4 Å². The molecule has 0 bridgehead atoms. The summed E-state index contributed by atoms with van der Waals surface area (Å²) in [4.78, 5) is 30.9. The zero-order valence-electron chi connectivity index (χ0n) is 17.6. The molecule has 2 N–H and O–H groups in total. The molecule has 0 spiro atoms. The van der Waals surface area contributed by atoms with E-state index in [9.17, 15) is 9.59 Å². The molecular weight excluding hydrogens is 398 g/mol. The maximum absolute atomic E-state index is 12.5. The number of fused-ring (bicyclic) bond motifs is 2. The van der Waals surface area contributed by atoms with E-state index in [1.807, 2.05) is 30.3 Å². The van der Waals surface area contributed by atoms with E-state index in [0.717, 1.165) is 24.8 Å². The van der Waals surface area contributed by atoms with Crippen LogP contribution in [0.25, 0.3) is 11.1 Å². The third-order valence-corrected chi connectivity index (χ3v) is 6.99. The van der Waals surface area contributed by atoms with Gasteiger partial charge >= 0.3 is 0 Å². The Balaban J connectivity index is 1.28. The third-order valence-electron chi connectivity index (χ3n) is 5.75. The zero-order chi connectivity index (χ0) is 21.3. The van der Waals surface area contributed by atoms with Crippen molar-refractivity contribution < 1.29 is 14.0 Å². The number of carbonyl (C=O) groups excluding carboxylic acids is 2. The first kappa shape index (κ1) is 20.6. The highest BCUT2D eigenvalue weighted by atomic mass is 32.1. The van der Waals surface area contributed by atoms with Crippen LogP contribution >= 0.6 is 11.3 Å². The molecule has 1 aliphatic carbocycles. The summed E-state index contributed by atoms with van der Waals surface area (Å²) in [5.41, 5.74) is 8.06. The van der Waals surface area contributed by atoms with Crippen LogP contribution in [0.5, 0.6) is 0 Å². The van der Waals surface area contributed by atoms with E-state index in [2.05, 4.69) is 36.6 Å². The second-order valence-electron chi connectivity index (χ2n) is 8.94. The summed E-state index contributed by atoms with van der Waals surface area (Å²) < 4.78 is 5.62. The van der Waals surface area contributed by atoms with Crippen molar-refractivity contribution in [2.45, 2.75) is 52.9 Å². The number of aromatic nitrogens is 1. The number of hydrogen-bond acceptors (Lipinski definition) is 5. The van der Waals surface area contributed by atoms with Crippen molar-refractivity contribution in [2.75, 3.05) is 0 Å². The van der Waals surface area contributed by atoms with Gasteiger partial charge < -0.3 is 4.42 Å². The van der Waals surface area contributed by atoms with Gasteiger partial charge in [-0.1, -0.05) is 32.9 Å². The molecule has 2 amide bonds. The number of nitrogens with zero attached hydrogens (tertiary/aromatic N) is 1. The van der Waals surface area contributed by atoms with E-state index < -0.39 is 0 Å². The Morgan fingerprint density at radius 2 is 2.03 bits per heavy atom. The van der Waals surface area contributed by atoms with Crippen LogP contribution in [0.3, 0.4) is 0 Å². The van der Waals surface area contributed by atoms with Crippen molar-refractivity contribution in [1.29, 1.82) is 0 Å². The van der Waals surface area contributed by atoms with E-state index in [1.54, 1.807) is 0 Å². The number of benzene rings is 1. The summed E-state index contributed by atoms with van der Waals surface area (Å²) >= 11 is 1.53. The summed E-state index contributed by atoms with van der Waals surface area (Å²) in [6.07, 6.45) is 3.75. The quantitative estimate of drug-likeness (QED) is 0.606. The topological polar surface area (TPSA) is 84.2 Å². The van der Waals surface area contributed by atoms with Gasteiger partial charge in [-0.15, -0.1) is 11.3 Å². The summed E-state index contributed by atoms with van der Waals surface area (Å²) in [5, 5.41) is 0. The fourth-order valence-corrected chi connectivity index (χ4v) is 4.98. The van der Waals surface area contributed by atoms with E-state index >= 15 is 0 Å². The number of carbonyl (C=O) groups is 2. The maximum Gasteiger partial charge on any atom is 0.279 e. The predicted molar refractivity (Wildman–Crippen MR) is 117 cm³/mol. The van der Waals surface area contributed by atoms with Crippen LogP contribution in [0.1, 0.15) is 59.6 Å². The molecule has 0 unspecified atom stereocenters. The second-order valence-corrected chi connectivity index (χ2v) is 10.1. The minimum Gasteiger partial charge on any atom is -0.441 e. The molecule has 7 heteroatoms. The lowest BCUT2D eigenvalue weighted by Gasteiger charge is -2.33. The van der Waals surface area contributed by atoms with Gasteiger partial charge in [-0.25, -0.2) is 4.98 Å². The SMILES string of the molecule is CC(C)(C)[C@@H]1CCc2sc(C(=O)NNC(=O)CCc3nc4ccccc4o3)cc2C1. The van der Waals surface area contributed by atoms with Crippen molar-refractivity contribution in [3.8, 4) is 0 Å². The van der Waals surface area contributed by atoms with E-state index in [1.165, 1.54) is 21.8 Å². The smallest absolute Gasteiger partial charge is 0.279 e. The molecular formula is C23H27N3O3S. The lowest BCUT2D eigenvalue weighted by atomic mass is 9.72.